The summed E-state index contributed by atoms with van der Waals surface area (Å²) in [5, 5.41) is 6.92. The SMILES string of the molecule is SSc1ncn[nH]1. The van der Waals surface area contributed by atoms with Gasteiger partial charge in [-0.1, -0.05) is 0 Å². The van der Waals surface area contributed by atoms with Gasteiger partial charge in [-0.15, -0.1) is 11.7 Å². The summed E-state index contributed by atoms with van der Waals surface area (Å²) in [6.45, 7) is 0. The standard InChI is InChI=1S/C2H3N3S2/c6-7-2-3-1-4-5-2/h1,6H,(H,3,4,5). The lowest BCUT2D eigenvalue weighted by molar-refractivity contribution is 0.979. The van der Waals surface area contributed by atoms with Crippen LogP contribution in [0.2, 0.25) is 0 Å². The predicted octanol–water partition coefficient (Wildman–Crippen LogP) is 0.742. The van der Waals surface area contributed by atoms with Gasteiger partial charge in [-0.3, -0.25) is 5.10 Å². The highest BCUT2D eigenvalue weighted by atomic mass is 33.1. The van der Waals surface area contributed by atoms with Crippen molar-refractivity contribution in [3.63, 3.8) is 0 Å². The Morgan fingerprint density at radius 3 is 3.00 bits per heavy atom. The second kappa shape index (κ2) is 2.23. The number of nitrogens with zero attached hydrogens (tertiary/aromatic N) is 2. The van der Waals surface area contributed by atoms with Crippen LogP contribution in [0.15, 0.2) is 11.5 Å². The van der Waals surface area contributed by atoms with Gasteiger partial charge in [0.1, 0.15) is 6.33 Å². The summed E-state index contributed by atoms with van der Waals surface area (Å²) in [6, 6.07) is 0. The van der Waals surface area contributed by atoms with Gasteiger partial charge >= 0.3 is 0 Å². The third-order valence-electron chi connectivity index (χ3n) is 0.479. The number of thiol groups is 1. The molecule has 0 radical (unpaired) electrons. The van der Waals surface area contributed by atoms with Crippen molar-refractivity contribution in [3.05, 3.63) is 6.33 Å². The van der Waals surface area contributed by atoms with E-state index in [0.717, 1.165) is 5.16 Å². The van der Waals surface area contributed by atoms with Crippen LogP contribution in [0.25, 0.3) is 0 Å². The number of aromatic nitrogens is 3. The Kier molecular flexibility index (Phi) is 1.59. The molecule has 3 nitrogen and oxygen atoms in total. The van der Waals surface area contributed by atoms with Crippen molar-refractivity contribution in [2.45, 2.75) is 5.16 Å². The van der Waals surface area contributed by atoms with E-state index in [1.54, 1.807) is 0 Å². The molecule has 0 unspecified atom stereocenters. The molecule has 0 saturated carbocycles. The smallest absolute Gasteiger partial charge is 0.193 e. The molecule has 0 aliphatic rings. The average Bonchev–Trinajstić information content (AvgIpc) is 2.14. The molecule has 1 heterocycles. The molecular formula is C2H3N3S2. The Balaban J connectivity index is 2.76. The first-order chi connectivity index (χ1) is 3.43. The van der Waals surface area contributed by atoms with Crippen molar-refractivity contribution in [2.75, 3.05) is 0 Å². The monoisotopic (exact) mass is 133 g/mol. The highest BCUT2D eigenvalue weighted by molar-refractivity contribution is 8.68. The molecule has 0 bridgehead atoms. The number of H-pyrrole nitrogens is 1. The van der Waals surface area contributed by atoms with Crippen LogP contribution in [0.4, 0.5) is 0 Å². The van der Waals surface area contributed by atoms with Gasteiger partial charge in [-0.05, 0) is 10.8 Å². The van der Waals surface area contributed by atoms with Crippen molar-refractivity contribution in [1.29, 1.82) is 0 Å². The largest absolute Gasteiger partial charge is 0.254 e. The van der Waals surface area contributed by atoms with E-state index in [2.05, 4.69) is 26.8 Å². The molecule has 1 aromatic rings. The first kappa shape index (κ1) is 4.99. The van der Waals surface area contributed by atoms with Crippen LogP contribution in [0, 0.1) is 0 Å². The quantitative estimate of drug-likeness (QED) is 0.438. The zero-order valence-electron chi connectivity index (χ0n) is 3.33. The lowest BCUT2D eigenvalue weighted by atomic mass is 11.3. The number of hydrogen-bond donors (Lipinski definition) is 2. The molecule has 1 aromatic heterocycles. The highest BCUT2D eigenvalue weighted by Crippen LogP contribution is 2.13. The lowest BCUT2D eigenvalue weighted by Gasteiger charge is -1.75. The zero-order valence-corrected chi connectivity index (χ0v) is 5.04. The normalized spacial score (nSPS) is 9.29. The van der Waals surface area contributed by atoms with Crippen LogP contribution < -0.4 is 0 Å². The summed E-state index contributed by atoms with van der Waals surface area (Å²) >= 11 is 3.86. The van der Waals surface area contributed by atoms with E-state index in [9.17, 15) is 0 Å². The molecule has 5 heteroatoms. The fraction of sp³-hybridized carbons (Fsp3) is 0. The van der Waals surface area contributed by atoms with Crippen LogP contribution in [-0.2, 0) is 0 Å². The molecule has 0 fully saturated rings. The number of aromatic amines is 1. The molecule has 0 aromatic carbocycles. The van der Waals surface area contributed by atoms with Gasteiger partial charge in [-0.25, -0.2) is 4.98 Å². The Hall–Kier alpha value is -0.160. The van der Waals surface area contributed by atoms with Crippen molar-refractivity contribution in [3.8, 4) is 0 Å². The summed E-state index contributed by atoms with van der Waals surface area (Å²) in [5.41, 5.74) is 0. The summed E-state index contributed by atoms with van der Waals surface area (Å²) in [4.78, 5) is 3.75. The van der Waals surface area contributed by atoms with Gasteiger partial charge < -0.3 is 0 Å². The van der Waals surface area contributed by atoms with Gasteiger partial charge in [0, 0.05) is 0 Å². The minimum atomic E-state index is 0.725. The van der Waals surface area contributed by atoms with Gasteiger partial charge in [0.2, 0.25) is 0 Å². The molecule has 0 saturated heterocycles. The maximum absolute atomic E-state index is 3.86. The molecule has 38 valence electrons. The maximum Gasteiger partial charge on any atom is 0.193 e. The average molecular weight is 133 g/mol. The molecule has 1 N–H and O–H groups in total. The van der Waals surface area contributed by atoms with Crippen LogP contribution in [0.5, 0.6) is 0 Å². The molecule has 0 amide bonds. The van der Waals surface area contributed by atoms with Crippen LogP contribution in [0.3, 0.4) is 0 Å². The summed E-state index contributed by atoms with van der Waals surface area (Å²) < 4.78 is 0. The van der Waals surface area contributed by atoms with Crippen molar-refractivity contribution in [2.24, 2.45) is 0 Å². The molecule has 0 atom stereocenters. The Bertz CT molecular complexity index is 125. The Labute approximate surface area is 49.7 Å². The Morgan fingerprint density at radius 2 is 2.71 bits per heavy atom. The first-order valence-electron chi connectivity index (χ1n) is 1.60. The van der Waals surface area contributed by atoms with Gasteiger partial charge in [0.15, 0.2) is 5.16 Å². The van der Waals surface area contributed by atoms with E-state index in [-0.39, 0.29) is 0 Å². The predicted molar refractivity (Wildman–Crippen MR) is 31.2 cm³/mol. The Morgan fingerprint density at radius 1 is 1.86 bits per heavy atom. The lowest BCUT2D eigenvalue weighted by Crippen LogP contribution is -1.65. The number of rotatable bonds is 1. The van der Waals surface area contributed by atoms with Crippen LogP contribution in [-0.4, -0.2) is 15.2 Å². The first-order valence-corrected chi connectivity index (χ1v) is 3.47. The van der Waals surface area contributed by atoms with Crippen LogP contribution in [0.1, 0.15) is 0 Å². The number of hydrogen-bond acceptors (Lipinski definition) is 4. The fourth-order valence-electron chi connectivity index (χ4n) is 0.238. The van der Waals surface area contributed by atoms with Gasteiger partial charge in [0.25, 0.3) is 0 Å². The highest BCUT2D eigenvalue weighted by Gasteiger charge is 1.86. The summed E-state index contributed by atoms with van der Waals surface area (Å²) in [5.74, 6) is 0. The van der Waals surface area contributed by atoms with E-state index in [1.807, 2.05) is 0 Å². The van der Waals surface area contributed by atoms with Crippen molar-refractivity contribution < 1.29 is 0 Å². The van der Waals surface area contributed by atoms with Gasteiger partial charge in [0.05, 0.1) is 0 Å². The second-order valence-electron chi connectivity index (χ2n) is 0.882. The van der Waals surface area contributed by atoms with E-state index in [4.69, 9.17) is 0 Å². The van der Waals surface area contributed by atoms with Crippen molar-refractivity contribution >= 4 is 22.5 Å². The third kappa shape index (κ3) is 1.10. The number of nitrogens with one attached hydrogen (secondary N) is 1. The third-order valence-corrected chi connectivity index (χ3v) is 1.37. The van der Waals surface area contributed by atoms with E-state index < -0.39 is 0 Å². The molecule has 0 aliphatic heterocycles. The maximum atomic E-state index is 3.86. The van der Waals surface area contributed by atoms with E-state index >= 15 is 0 Å². The minimum Gasteiger partial charge on any atom is -0.254 e. The molecule has 7 heavy (non-hydrogen) atoms. The summed E-state index contributed by atoms with van der Waals surface area (Å²) in [6.07, 6.45) is 1.44. The second-order valence-corrected chi connectivity index (χ2v) is 2.00. The molecular weight excluding hydrogens is 130 g/mol. The van der Waals surface area contributed by atoms with Crippen molar-refractivity contribution in [1.82, 2.24) is 15.2 Å². The topological polar surface area (TPSA) is 41.6 Å². The van der Waals surface area contributed by atoms with Crippen LogP contribution >= 0.6 is 22.5 Å². The van der Waals surface area contributed by atoms with E-state index in [0.29, 0.717) is 0 Å². The summed E-state index contributed by atoms with van der Waals surface area (Å²) in [7, 11) is 1.24. The molecule has 0 aliphatic carbocycles. The molecule has 1 rings (SSSR count). The zero-order chi connectivity index (χ0) is 5.11. The fourth-order valence-corrected chi connectivity index (χ4v) is 0.690. The minimum absolute atomic E-state index is 0.725. The molecule has 0 spiro atoms. The van der Waals surface area contributed by atoms with E-state index in [1.165, 1.54) is 17.1 Å². The van der Waals surface area contributed by atoms with Gasteiger partial charge in [-0.2, -0.15) is 5.10 Å².